The van der Waals surface area contributed by atoms with Crippen LogP contribution in [0.3, 0.4) is 0 Å². The van der Waals surface area contributed by atoms with E-state index in [0.717, 1.165) is 0 Å². The van der Waals surface area contributed by atoms with Gasteiger partial charge in [-0.15, -0.1) is 0 Å². The topological polar surface area (TPSA) is 64.2 Å². The standard InChI is InChI=1S/C7H17N3O2/c1-6(11)5-10(3,4)9-7(12)8-2/h6H,5H2,1-4H3,(H2,8,9,12). The second kappa shape index (κ2) is 4.27. The molecule has 0 heterocycles. The first-order valence-corrected chi connectivity index (χ1v) is 3.86. The van der Waals surface area contributed by atoms with Crippen molar-refractivity contribution >= 4 is 6.03 Å². The molecule has 0 aromatic carbocycles. The second-order valence-corrected chi connectivity index (χ2v) is 3.37. The second-order valence-electron chi connectivity index (χ2n) is 3.37. The van der Waals surface area contributed by atoms with Gasteiger partial charge in [-0.3, -0.25) is 0 Å². The number of hydrogen-bond acceptors (Lipinski definition) is 2. The van der Waals surface area contributed by atoms with Crippen LogP contribution >= 0.6 is 0 Å². The highest BCUT2D eigenvalue weighted by molar-refractivity contribution is 5.72. The molecule has 2 N–H and O–H groups in total. The first-order chi connectivity index (χ1) is 5.37. The number of rotatable bonds is 3. The molecule has 0 bridgehead atoms. The number of carbonyl (C=O) groups is 1. The Kier molecular flexibility index (Phi) is 3.99. The van der Waals surface area contributed by atoms with E-state index in [1.54, 1.807) is 21.0 Å². The lowest BCUT2D eigenvalue weighted by Gasteiger charge is -2.33. The van der Waals surface area contributed by atoms with Crippen molar-refractivity contribution in [2.24, 2.45) is 0 Å². The van der Waals surface area contributed by atoms with E-state index < -0.39 is 6.10 Å². The highest BCUT2D eigenvalue weighted by atomic mass is 16.3. The van der Waals surface area contributed by atoms with Crippen LogP contribution in [0.4, 0.5) is 4.79 Å². The summed E-state index contributed by atoms with van der Waals surface area (Å²) < 4.78 is 0.199. The molecule has 5 nitrogen and oxygen atoms in total. The summed E-state index contributed by atoms with van der Waals surface area (Å²) in [5.41, 5.74) is 2.62. The molecule has 0 aliphatic carbocycles. The molecule has 0 saturated heterocycles. The van der Waals surface area contributed by atoms with Crippen molar-refractivity contribution in [1.82, 2.24) is 10.7 Å². The minimum Gasteiger partial charge on any atom is -0.848 e. The van der Waals surface area contributed by atoms with Gasteiger partial charge in [-0.05, 0) is 0 Å². The SMILES string of the molecule is CNC(=O)N[N+](C)(C)CC(C)[O-]. The van der Waals surface area contributed by atoms with Gasteiger partial charge in [0.25, 0.3) is 0 Å². The fraction of sp³-hybridized carbons (Fsp3) is 0.857. The maximum Gasteiger partial charge on any atom is 0.358 e. The van der Waals surface area contributed by atoms with E-state index in [4.69, 9.17) is 0 Å². The Morgan fingerprint density at radius 3 is 2.42 bits per heavy atom. The zero-order valence-electron chi connectivity index (χ0n) is 8.05. The van der Waals surface area contributed by atoms with Gasteiger partial charge in [0.15, 0.2) is 0 Å². The van der Waals surface area contributed by atoms with Crippen molar-refractivity contribution in [2.75, 3.05) is 27.7 Å². The third kappa shape index (κ3) is 4.92. The van der Waals surface area contributed by atoms with Crippen LogP contribution < -0.4 is 15.8 Å². The Labute approximate surface area is 72.9 Å². The Morgan fingerprint density at radius 2 is 2.08 bits per heavy atom. The van der Waals surface area contributed by atoms with Crippen LogP contribution in [0.2, 0.25) is 0 Å². The van der Waals surface area contributed by atoms with Crippen molar-refractivity contribution in [3.8, 4) is 0 Å². The molecule has 0 aromatic rings. The maximum atomic E-state index is 10.9. The van der Waals surface area contributed by atoms with Crippen LogP contribution in [0.25, 0.3) is 0 Å². The number of nitrogens with zero attached hydrogens (tertiary/aromatic N) is 1. The monoisotopic (exact) mass is 175 g/mol. The van der Waals surface area contributed by atoms with E-state index in [-0.39, 0.29) is 10.6 Å². The minimum atomic E-state index is -0.683. The number of nitrogens with one attached hydrogen (secondary N) is 2. The van der Waals surface area contributed by atoms with Gasteiger partial charge in [0, 0.05) is 7.05 Å². The number of quaternary nitrogens is 1. The summed E-state index contributed by atoms with van der Waals surface area (Å²) >= 11 is 0. The lowest BCUT2D eigenvalue weighted by molar-refractivity contribution is -0.932. The van der Waals surface area contributed by atoms with Crippen LogP contribution in [0.1, 0.15) is 6.92 Å². The first-order valence-electron chi connectivity index (χ1n) is 3.86. The van der Waals surface area contributed by atoms with Gasteiger partial charge >= 0.3 is 6.03 Å². The summed E-state index contributed by atoms with van der Waals surface area (Å²) in [4.78, 5) is 10.9. The Morgan fingerprint density at radius 1 is 1.58 bits per heavy atom. The molecule has 1 unspecified atom stereocenters. The van der Waals surface area contributed by atoms with E-state index in [2.05, 4.69) is 10.7 Å². The molecule has 0 aliphatic heterocycles. The number of urea groups is 1. The average Bonchev–Trinajstić information content (AvgIpc) is 1.83. The summed E-state index contributed by atoms with van der Waals surface area (Å²) in [7, 11) is 5.07. The largest absolute Gasteiger partial charge is 0.848 e. The summed E-state index contributed by atoms with van der Waals surface area (Å²) in [5, 5.41) is 13.3. The van der Waals surface area contributed by atoms with Crippen molar-refractivity contribution < 1.29 is 14.5 Å². The fourth-order valence-electron chi connectivity index (χ4n) is 1.02. The Bertz CT molecular complexity index is 157. The average molecular weight is 175 g/mol. The van der Waals surface area contributed by atoms with Gasteiger partial charge in [0.1, 0.15) is 0 Å². The van der Waals surface area contributed by atoms with Gasteiger partial charge < -0.3 is 10.4 Å². The molecule has 0 radical (unpaired) electrons. The van der Waals surface area contributed by atoms with Crippen LogP contribution in [-0.2, 0) is 0 Å². The van der Waals surface area contributed by atoms with Crippen LogP contribution in [0, 0.1) is 0 Å². The molecule has 5 heteroatoms. The molecule has 12 heavy (non-hydrogen) atoms. The van der Waals surface area contributed by atoms with E-state index in [9.17, 15) is 9.90 Å². The first kappa shape index (κ1) is 11.2. The Balaban J connectivity index is 3.94. The van der Waals surface area contributed by atoms with Crippen molar-refractivity contribution in [3.63, 3.8) is 0 Å². The molecule has 0 aromatic heterocycles. The highest BCUT2D eigenvalue weighted by Crippen LogP contribution is 1.91. The number of amides is 2. The van der Waals surface area contributed by atoms with Crippen LogP contribution in [0.15, 0.2) is 0 Å². The van der Waals surface area contributed by atoms with Crippen molar-refractivity contribution in [2.45, 2.75) is 13.0 Å². The summed E-state index contributed by atoms with van der Waals surface area (Å²) in [5.74, 6) is 0. The molecule has 0 aliphatic rings. The molecule has 0 spiro atoms. The lowest BCUT2D eigenvalue weighted by atomic mass is 10.4. The molecule has 1 atom stereocenters. The van der Waals surface area contributed by atoms with Crippen molar-refractivity contribution in [1.29, 1.82) is 0 Å². The van der Waals surface area contributed by atoms with Crippen LogP contribution in [0.5, 0.6) is 0 Å². The van der Waals surface area contributed by atoms with Gasteiger partial charge in [-0.2, -0.15) is 5.43 Å². The highest BCUT2D eigenvalue weighted by Gasteiger charge is 2.17. The maximum absolute atomic E-state index is 10.9. The predicted octanol–water partition coefficient (Wildman–Crippen LogP) is -1.34. The minimum absolute atomic E-state index is 0.199. The number of likely N-dealkylation sites (N-methyl/N-ethyl adjacent to an activating group) is 1. The Hall–Kier alpha value is -0.810. The molecule has 0 rings (SSSR count). The van der Waals surface area contributed by atoms with E-state index in [1.165, 1.54) is 7.05 Å². The van der Waals surface area contributed by atoms with E-state index >= 15 is 0 Å². The summed E-state index contributed by atoms with van der Waals surface area (Å²) in [6.07, 6.45) is -0.683. The zero-order chi connectivity index (χ0) is 9.78. The van der Waals surface area contributed by atoms with E-state index in [1.807, 2.05) is 0 Å². The lowest BCUT2D eigenvalue weighted by Crippen LogP contribution is -2.60. The molecule has 2 amide bonds. The zero-order valence-corrected chi connectivity index (χ0v) is 8.05. The molecule has 0 fully saturated rings. The summed E-state index contributed by atoms with van der Waals surface area (Å²) in [6, 6.07) is -0.277. The smallest absolute Gasteiger partial charge is 0.358 e. The third-order valence-electron chi connectivity index (χ3n) is 1.34. The predicted molar refractivity (Wildman–Crippen MR) is 44.0 cm³/mol. The third-order valence-corrected chi connectivity index (χ3v) is 1.34. The van der Waals surface area contributed by atoms with Gasteiger partial charge in [-0.1, -0.05) is 13.0 Å². The summed E-state index contributed by atoms with van der Waals surface area (Å²) in [6.45, 7) is 1.94. The van der Waals surface area contributed by atoms with Gasteiger partial charge in [0.2, 0.25) is 0 Å². The quantitative estimate of drug-likeness (QED) is 0.412. The van der Waals surface area contributed by atoms with Gasteiger partial charge in [0.05, 0.1) is 20.6 Å². The number of carbonyl (C=O) groups excluding carboxylic acids is 1. The normalized spacial score (nSPS) is 13.8. The molecular weight excluding hydrogens is 158 g/mol. The number of hydrogen-bond donors (Lipinski definition) is 2. The van der Waals surface area contributed by atoms with Crippen LogP contribution in [-0.4, -0.2) is 44.4 Å². The van der Waals surface area contributed by atoms with E-state index in [0.29, 0.717) is 6.54 Å². The van der Waals surface area contributed by atoms with Gasteiger partial charge in [-0.25, -0.2) is 9.39 Å². The molecule has 72 valence electrons. The molecule has 0 saturated carbocycles. The fourth-order valence-corrected chi connectivity index (χ4v) is 1.02. The molecular formula is C7H17N3O2. The van der Waals surface area contributed by atoms with Crippen molar-refractivity contribution in [3.05, 3.63) is 0 Å².